The van der Waals surface area contributed by atoms with E-state index in [1.165, 1.54) is 11.1 Å². The van der Waals surface area contributed by atoms with Crippen LogP contribution >= 0.6 is 0 Å². The zero-order chi connectivity index (χ0) is 11.3. The van der Waals surface area contributed by atoms with Crippen LogP contribution in [0.25, 0.3) is 0 Å². The SMILES string of the molecule is CC=CC(C)(C=O)Cc1ccc(C)cc1. The monoisotopic (exact) mass is 202 g/mol. The van der Waals surface area contributed by atoms with Gasteiger partial charge in [-0.15, -0.1) is 0 Å². The smallest absolute Gasteiger partial charge is 0.129 e. The second kappa shape index (κ2) is 4.92. The summed E-state index contributed by atoms with van der Waals surface area (Å²) in [4.78, 5) is 11.0. The second-order valence-electron chi connectivity index (χ2n) is 4.29. The standard InChI is InChI=1S/C14H18O/c1-4-9-14(3,11-15)10-13-7-5-12(2)6-8-13/h4-9,11H,10H2,1-3H3. The van der Waals surface area contributed by atoms with Gasteiger partial charge < -0.3 is 4.79 Å². The highest BCUT2D eigenvalue weighted by atomic mass is 16.1. The van der Waals surface area contributed by atoms with E-state index in [4.69, 9.17) is 0 Å². The molecular weight excluding hydrogens is 184 g/mol. The summed E-state index contributed by atoms with van der Waals surface area (Å²) in [5, 5.41) is 0. The van der Waals surface area contributed by atoms with Gasteiger partial charge in [0, 0.05) is 5.41 Å². The fourth-order valence-corrected chi connectivity index (χ4v) is 1.67. The minimum atomic E-state index is -0.371. The van der Waals surface area contributed by atoms with Crippen molar-refractivity contribution in [2.45, 2.75) is 27.2 Å². The third-order valence-corrected chi connectivity index (χ3v) is 2.52. The van der Waals surface area contributed by atoms with E-state index in [1.54, 1.807) is 0 Å². The Morgan fingerprint density at radius 2 is 1.87 bits per heavy atom. The molecule has 0 aliphatic rings. The van der Waals surface area contributed by atoms with E-state index >= 15 is 0 Å². The molecule has 0 aromatic heterocycles. The van der Waals surface area contributed by atoms with Gasteiger partial charge in [-0.05, 0) is 32.8 Å². The van der Waals surface area contributed by atoms with Gasteiger partial charge >= 0.3 is 0 Å². The average molecular weight is 202 g/mol. The quantitative estimate of drug-likeness (QED) is 0.540. The molecule has 1 nitrogen and oxygen atoms in total. The molecule has 0 spiro atoms. The van der Waals surface area contributed by atoms with Crippen molar-refractivity contribution in [3.63, 3.8) is 0 Å². The molecule has 1 aromatic rings. The molecule has 0 saturated heterocycles. The number of hydrogen-bond acceptors (Lipinski definition) is 1. The number of benzene rings is 1. The molecule has 0 heterocycles. The van der Waals surface area contributed by atoms with Crippen molar-refractivity contribution in [1.29, 1.82) is 0 Å². The summed E-state index contributed by atoms with van der Waals surface area (Å²) in [6, 6.07) is 8.33. The van der Waals surface area contributed by atoms with Crippen molar-refractivity contribution in [1.82, 2.24) is 0 Å². The van der Waals surface area contributed by atoms with Gasteiger partial charge in [0.2, 0.25) is 0 Å². The van der Waals surface area contributed by atoms with Crippen LogP contribution in [0.4, 0.5) is 0 Å². The zero-order valence-corrected chi connectivity index (χ0v) is 9.66. The van der Waals surface area contributed by atoms with E-state index in [2.05, 4.69) is 31.2 Å². The normalized spacial score (nSPS) is 15.1. The summed E-state index contributed by atoms with van der Waals surface area (Å²) in [7, 11) is 0. The molecule has 0 fully saturated rings. The lowest BCUT2D eigenvalue weighted by atomic mass is 9.84. The maximum Gasteiger partial charge on any atom is 0.129 e. The lowest BCUT2D eigenvalue weighted by Gasteiger charge is -2.18. The third-order valence-electron chi connectivity index (χ3n) is 2.52. The molecule has 1 heteroatoms. The fraction of sp³-hybridized carbons (Fsp3) is 0.357. The van der Waals surface area contributed by atoms with E-state index in [0.717, 1.165) is 12.7 Å². The van der Waals surface area contributed by atoms with Gasteiger partial charge in [0.25, 0.3) is 0 Å². The number of carbonyl (C=O) groups is 1. The predicted molar refractivity (Wildman–Crippen MR) is 63.9 cm³/mol. The lowest BCUT2D eigenvalue weighted by Crippen LogP contribution is -2.18. The first-order chi connectivity index (χ1) is 7.09. The fourth-order valence-electron chi connectivity index (χ4n) is 1.67. The van der Waals surface area contributed by atoms with Crippen LogP contribution in [0.1, 0.15) is 25.0 Å². The summed E-state index contributed by atoms with van der Waals surface area (Å²) in [6.07, 6.45) is 5.68. The maximum absolute atomic E-state index is 11.0. The molecule has 1 aromatic carbocycles. The second-order valence-corrected chi connectivity index (χ2v) is 4.29. The first-order valence-corrected chi connectivity index (χ1v) is 5.25. The molecule has 0 bridgehead atoms. The Balaban J connectivity index is 2.83. The molecular formula is C14H18O. The number of carbonyl (C=O) groups excluding carboxylic acids is 1. The van der Waals surface area contributed by atoms with Crippen molar-refractivity contribution >= 4 is 6.29 Å². The van der Waals surface area contributed by atoms with Crippen molar-refractivity contribution in [3.8, 4) is 0 Å². The van der Waals surface area contributed by atoms with Crippen LogP contribution in [-0.4, -0.2) is 6.29 Å². The number of aryl methyl sites for hydroxylation is 1. The van der Waals surface area contributed by atoms with Gasteiger partial charge in [0.15, 0.2) is 0 Å². The van der Waals surface area contributed by atoms with Crippen LogP contribution in [0.2, 0.25) is 0 Å². The molecule has 15 heavy (non-hydrogen) atoms. The Bertz CT molecular complexity index is 348. The Morgan fingerprint density at radius 3 is 2.33 bits per heavy atom. The van der Waals surface area contributed by atoms with E-state index in [0.29, 0.717) is 0 Å². The van der Waals surface area contributed by atoms with Crippen LogP contribution in [0.15, 0.2) is 36.4 Å². The van der Waals surface area contributed by atoms with Gasteiger partial charge in [-0.1, -0.05) is 42.0 Å². The van der Waals surface area contributed by atoms with Crippen molar-refractivity contribution in [2.24, 2.45) is 5.41 Å². The highest BCUT2D eigenvalue weighted by Gasteiger charge is 2.19. The summed E-state index contributed by atoms with van der Waals surface area (Å²) in [5.74, 6) is 0. The Hall–Kier alpha value is -1.37. The van der Waals surface area contributed by atoms with E-state index < -0.39 is 0 Å². The highest BCUT2D eigenvalue weighted by molar-refractivity contribution is 5.62. The van der Waals surface area contributed by atoms with Crippen LogP contribution in [0, 0.1) is 12.3 Å². The lowest BCUT2D eigenvalue weighted by molar-refractivity contribution is -0.113. The summed E-state index contributed by atoms with van der Waals surface area (Å²) in [5.41, 5.74) is 2.08. The summed E-state index contributed by atoms with van der Waals surface area (Å²) < 4.78 is 0. The number of rotatable bonds is 4. The largest absolute Gasteiger partial charge is 0.302 e. The topological polar surface area (TPSA) is 17.1 Å². The van der Waals surface area contributed by atoms with Gasteiger partial charge in [-0.2, -0.15) is 0 Å². The molecule has 0 aliphatic carbocycles. The van der Waals surface area contributed by atoms with Gasteiger partial charge in [0.05, 0.1) is 0 Å². The first-order valence-electron chi connectivity index (χ1n) is 5.25. The van der Waals surface area contributed by atoms with Crippen LogP contribution < -0.4 is 0 Å². The third kappa shape index (κ3) is 3.35. The molecule has 0 saturated carbocycles. The molecule has 0 N–H and O–H groups in total. The van der Waals surface area contributed by atoms with Gasteiger partial charge in [-0.25, -0.2) is 0 Å². The van der Waals surface area contributed by atoms with Crippen molar-refractivity contribution in [3.05, 3.63) is 47.5 Å². The van der Waals surface area contributed by atoms with E-state index in [9.17, 15) is 4.79 Å². The van der Waals surface area contributed by atoms with E-state index in [1.807, 2.05) is 26.0 Å². The molecule has 0 aliphatic heterocycles. The Labute approximate surface area is 91.8 Å². The molecule has 1 rings (SSSR count). The maximum atomic E-state index is 11.0. The molecule has 1 unspecified atom stereocenters. The van der Waals surface area contributed by atoms with Crippen molar-refractivity contribution in [2.75, 3.05) is 0 Å². The van der Waals surface area contributed by atoms with Crippen LogP contribution in [-0.2, 0) is 11.2 Å². The van der Waals surface area contributed by atoms with Gasteiger partial charge in [-0.3, -0.25) is 0 Å². The number of hydrogen-bond donors (Lipinski definition) is 0. The molecule has 0 amide bonds. The predicted octanol–water partition coefficient (Wildman–Crippen LogP) is 3.32. The minimum Gasteiger partial charge on any atom is -0.302 e. The van der Waals surface area contributed by atoms with E-state index in [-0.39, 0.29) is 5.41 Å². The summed E-state index contributed by atoms with van der Waals surface area (Å²) >= 11 is 0. The first kappa shape index (κ1) is 11.7. The molecule has 0 radical (unpaired) electrons. The van der Waals surface area contributed by atoms with Gasteiger partial charge in [0.1, 0.15) is 6.29 Å². The zero-order valence-electron chi connectivity index (χ0n) is 9.66. The molecule has 1 atom stereocenters. The van der Waals surface area contributed by atoms with Crippen molar-refractivity contribution < 1.29 is 4.79 Å². The van der Waals surface area contributed by atoms with Crippen LogP contribution in [0.3, 0.4) is 0 Å². The Morgan fingerprint density at radius 1 is 1.27 bits per heavy atom. The number of aldehydes is 1. The Kier molecular flexibility index (Phi) is 3.84. The minimum absolute atomic E-state index is 0.371. The average Bonchev–Trinajstić information content (AvgIpc) is 2.22. The highest BCUT2D eigenvalue weighted by Crippen LogP contribution is 2.22. The summed E-state index contributed by atoms with van der Waals surface area (Å²) in [6.45, 7) is 5.96. The number of allylic oxidation sites excluding steroid dienone is 2. The molecule has 80 valence electrons. The van der Waals surface area contributed by atoms with Crippen LogP contribution in [0.5, 0.6) is 0 Å².